The predicted molar refractivity (Wildman–Crippen MR) is 66.3 cm³/mol. The normalized spacial score (nSPS) is 13.1. The highest BCUT2D eigenvalue weighted by atomic mass is 32.2. The fraction of sp³-hybridized carbons (Fsp3) is 0.300. The summed E-state index contributed by atoms with van der Waals surface area (Å²) in [6, 6.07) is 9.72. The first-order chi connectivity index (χ1) is 8.95. The summed E-state index contributed by atoms with van der Waals surface area (Å²) >= 11 is 0. The molecule has 1 aromatic carbocycles. The molecule has 1 N–H and O–H groups in total. The van der Waals surface area contributed by atoms with Crippen molar-refractivity contribution < 1.29 is 36.0 Å². The average Bonchev–Trinajstić information content (AvgIpc) is 2.27. The number of alkyl halides is 3. The van der Waals surface area contributed by atoms with Gasteiger partial charge in [-0.1, -0.05) is 18.2 Å². The lowest BCUT2D eigenvalue weighted by Gasteiger charge is -2.08. The van der Waals surface area contributed by atoms with Crippen LogP contribution in [-0.4, -0.2) is 41.6 Å². The molecule has 114 valence electrons. The van der Waals surface area contributed by atoms with Crippen molar-refractivity contribution in [3.05, 3.63) is 30.3 Å². The Morgan fingerprint density at radius 2 is 1.70 bits per heavy atom. The summed E-state index contributed by atoms with van der Waals surface area (Å²) in [5.41, 5.74) is -5.65. The Labute approximate surface area is 116 Å². The first-order valence-corrected chi connectivity index (χ1v) is 8.07. The second-order valence-electron chi connectivity index (χ2n) is 3.39. The summed E-state index contributed by atoms with van der Waals surface area (Å²) < 4.78 is 58.9. The van der Waals surface area contributed by atoms with Crippen molar-refractivity contribution in [1.82, 2.24) is 0 Å². The summed E-state index contributed by atoms with van der Waals surface area (Å²) in [4.78, 5) is 11.5. The van der Waals surface area contributed by atoms with Crippen LogP contribution in [0.4, 0.5) is 13.2 Å². The fourth-order valence-corrected chi connectivity index (χ4v) is 2.08. The van der Waals surface area contributed by atoms with Gasteiger partial charge in [-0.05, 0) is 12.1 Å². The van der Waals surface area contributed by atoms with E-state index in [4.69, 9.17) is 18.1 Å². The van der Waals surface area contributed by atoms with Gasteiger partial charge < -0.3 is 9.66 Å². The van der Waals surface area contributed by atoms with Crippen molar-refractivity contribution in [2.45, 2.75) is 10.4 Å². The minimum absolute atomic E-state index is 0.163. The zero-order chi connectivity index (χ0) is 16.0. The molecule has 0 radical (unpaired) electrons. The number of carboxylic acid groups (broad SMARTS) is 1. The van der Waals surface area contributed by atoms with Crippen molar-refractivity contribution in [3.63, 3.8) is 0 Å². The zero-order valence-corrected chi connectivity index (χ0v) is 11.8. The molecule has 0 heterocycles. The molecular weight excluding hydrogens is 321 g/mol. The van der Waals surface area contributed by atoms with Crippen LogP contribution >= 0.6 is 0 Å². The van der Waals surface area contributed by atoms with Crippen LogP contribution in [0.1, 0.15) is 0 Å². The standard InChI is InChI=1S/C9H10O2S.CHF3O3S/c1-12(7-9(10)11)8-5-3-2-4-6-8;2-1(3,4)8(5,6)7/h2-6H,7H2,1H3;(H,5,6,7). The van der Waals surface area contributed by atoms with Crippen molar-refractivity contribution in [1.29, 1.82) is 0 Å². The van der Waals surface area contributed by atoms with Crippen LogP contribution in [0.5, 0.6) is 0 Å². The molecule has 1 rings (SSSR count). The van der Waals surface area contributed by atoms with Crippen molar-refractivity contribution in [2.24, 2.45) is 0 Å². The molecule has 0 aliphatic rings. The molecule has 0 aromatic heterocycles. The first-order valence-electron chi connectivity index (χ1n) is 4.86. The number of aliphatic carboxylic acids is 1. The number of rotatable bonds is 3. The number of carboxylic acids is 1. The van der Waals surface area contributed by atoms with E-state index in [1.54, 1.807) is 0 Å². The van der Waals surface area contributed by atoms with Crippen LogP contribution in [0, 0.1) is 0 Å². The molecule has 0 aliphatic heterocycles. The van der Waals surface area contributed by atoms with E-state index in [0.717, 1.165) is 4.90 Å². The van der Waals surface area contributed by atoms with E-state index in [9.17, 15) is 18.0 Å². The van der Waals surface area contributed by atoms with Gasteiger partial charge in [0, 0.05) is 10.9 Å². The molecule has 0 bridgehead atoms. The van der Waals surface area contributed by atoms with E-state index in [0.29, 0.717) is 0 Å². The summed E-state index contributed by atoms with van der Waals surface area (Å²) in [6.45, 7) is 0. The van der Waals surface area contributed by atoms with Crippen molar-refractivity contribution >= 4 is 27.0 Å². The van der Waals surface area contributed by atoms with Gasteiger partial charge in [0.25, 0.3) is 0 Å². The van der Waals surface area contributed by atoms with Crippen LogP contribution in [-0.2, 0) is 25.8 Å². The maximum atomic E-state index is 10.7. The second-order valence-corrected chi connectivity index (χ2v) is 6.79. The van der Waals surface area contributed by atoms with Crippen LogP contribution < -0.4 is 0 Å². The first kappa shape index (κ1) is 18.7. The van der Waals surface area contributed by atoms with E-state index >= 15 is 0 Å². The molecule has 5 nitrogen and oxygen atoms in total. The van der Waals surface area contributed by atoms with Gasteiger partial charge in [-0.25, -0.2) is 13.2 Å². The highest BCUT2D eigenvalue weighted by Gasteiger charge is 2.36. The van der Waals surface area contributed by atoms with Crippen LogP contribution in [0.25, 0.3) is 0 Å². The summed E-state index contributed by atoms with van der Waals surface area (Å²) in [5.74, 6) is -0.506. The minimum atomic E-state index is -6.09. The smallest absolute Gasteiger partial charge is 0.485 e. The van der Waals surface area contributed by atoms with Crippen LogP contribution in [0.15, 0.2) is 35.2 Å². The Morgan fingerprint density at radius 1 is 1.30 bits per heavy atom. The number of hydrogen-bond donors (Lipinski definition) is 1. The molecule has 0 fully saturated rings. The summed E-state index contributed by atoms with van der Waals surface area (Å²) in [7, 11) is -6.25. The highest BCUT2D eigenvalue weighted by molar-refractivity contribution is 7.96. The number of halogens is 3. The molecule has 20 heavy (non-hydrogen) atoms. The van der Waals surface area contributed by atoms with Crippen molar-refractivity contribution in [3.8, 4) is 0 Å². The third-order valence-corrected chi connectivity index (χ3v) is 4.09. The number of hydrogen-bond acceptors (Lipinski definition) is 4. The molecule has 1 atom stereocenters. The van der Waals surface area contributed by atoms with Crippen molar-refractivity contribution in [2.75, 3.05) is 12.0 Å². The Balaban J connectivity index is 0.000000396. The molecule has 0 saturated carbocycles. The van der Waals surface area contributed by atoms with Gasteiger partial charge in [0.15, 0.2) is 15.0 Å². The molecule has 0 aliphatic carbocycles. The maximum Gasteiger partial charge on any atom is 0.485 e. The lowest BCUT2D eigenvalue weighted by atomic mass is 10.4. The molecule has 0 amide bonds. The van der Waals surface area contributed by atoms with E-state index in [-0.39, 0.29) is 16.6 Å². The molecule has 10 heteroatoms. The third-order valence-electron chi connectivity index (χ3n) is 1.77. The minimum Gasteiger partial charge on any atom is -0.741 e. The fourth-order valence-electron chi connectivity index (χ4n) is 0.921. The second kappa shape index (κ2) is 7.50. The van der Waals surface area contributed by atoms with Gasteiger partial charge in [0.1, 0.15) is 6.26 Å². The van der Waals surface area contributed by atoms with E-state index < -0.39 is 21.6 Å². The maximum absolute atomic E-state index is 10.7. The van der Waals surface area contributed by atoms with Gasteiger partial charge in [-0.2, -0.15) is 13.2 Å². The Hall–Kier alpha value is -1.26. The average molecular weight is 332 g/mol. The number of benzene rings is 1. The molecular formula is C10H11F3O5S2. The highest BCUT2D eigenvalue weighted by Crippen LogP contribution is 2.20. The van der Waals surface area contributed by atoms with Gasteiger partial charge in [-0.15, -0.1) is 0 Å². The third kappa shape index (κ3) is 7.36. The predicted octanol–water partition coefficient (Wildman–Crippen LogP) is 1.43. The van der Waals surface area contributed by atoms with E-state index in [2.05, 4.69) is 0 Å². The largest absolute Gasteiger partial charge is 0.741 e. The van der Waals surface area contributed by atoms with Crippen LogP contribution in [0.3, 0.4) is 0 Å². The molecule has 1 aromatic rings. The SMILES string of the molecule is C[S+](CC(=O)O)c1ccccc1.O=S(=O)([O-])C(F)(F)F. The van der Waals surface area contributed by atoms with Gasteiger partial charge in [-0.3, -0.25) is 0 Å². The van der Waals surface area contributed by atoms with Gasteiger partial charge in [0.05, 0.1) is 0 Å². The van der Waals surface area contributed by atoms with Gasteiger partial charge in [0.2, 0.25) is 5.75 Å². The van der Waals surface area contributed by atoms with E-state index in [1.165, 1.54) is 0 Å². The number of carbonyl (C=O) groups is 1. The van der Waals surface area contributed by atoms with E-state index in [1.807, 2.05) is 36.6 Å². The molecule has 1 unspecified atom stereocenters. The zero-order valence-electron chi connectivity index (χ0n) is 10.1. The summed E-state index contributed by atoms with van der Waals surface area (Å²) in [6.07, 6.45) is 1.95. The Kier molecular flexibility index (Phi) is 7.03. The monoisotopic (exact) mass is 332 g/mol. The quantitative estimate of drug-likeness (QED) is 0.513. The van der Waals surface area contributed by atoms with Crippen LogP contribution in [0.2, 0.25) is 0 Å². The lowest BCUT2D eigenvalue weighted by Crippen LogP contribution is -2.21. The van der Waals surface area contributed by atoms with Gasteiger partial charge >= 0.3 is 11.5 Å². The molecule has 0 saturated heterocycles. The topological polar surface area (TPSA) is 94.5 Å². The molecule has 0 spiro atoms. The Bertz CT molecular complexity index is 528. The lowest BCUT2D eigenvalue weighted by molar-refractivity contribution is -0.133. The Morgan fingerprint density at radius 3 is 2.00 bits per heavy atom. The summed E-state index contributed by atoms with van der Waals surface area (Å²) in [5, 5.41) is 8.55.